The van der Waals surface area contributed by atoms with E-state index in [4.69, 9.17) is 24.1 Å². The second kappa shape index (κ2) is 10.3. The summed E-state index contributed by atoms with van der Waals surface area (Å²) in [6.07, 6.45) is -0.738. The molecule has 4 saturated heterocycles. The number of hydrogen-bond donors (Lipinski definition) is 1. The number of carbonyl (C=O) groups excluding carboxylic acids is 1. The number of piperidine rings is 1. The van der Waals surface area contributed by atoms with E-state index in [1.165, 1.54) is 0 Å². The Bertz CT molecular complexity index is 593. The highest BCUT2D eigenvalue weighted by atomic mass is 19.4. The van der Waals surface area contributed by atoms with Gasteiger partial charge in [-0.15, -0.1) is 0 Å². The number of nitrogens with zero attached hydrogens (tertiary/aromatic N) is 2. The first kappa shape index (κ1) is 23.2. The summed E-state index contributed by atoms with van der Waals surface area (Å²) >= 11 is 0. The summed E-state index contributed by atoms with van der Waals surface area (Å²) in [6.45, 7) is 6.63. The SMILES string of the molecule is O=C(O)C(F)(F)F.O=C([C@@H]1C[C@@H]2CCN(C3CCOCC3)C[C@H]2O1)N1CCOCC1. The van der Waals surface area contributed by atoms with Crippen LogP contribution in [0.25, 0.3) is 0 Å². The third-order valence-electron chi connectivity index (χ3n) is 6.13. The van der Waals surface area contributed by atoms with Crippen molar-refractivity contribution in [1.29, 1.82) is 0 Å². The van der Waals surface area contributed by atoms with Crippen LogP contribution in [0.1, 0.15) is 25.7 Å². The first-order valence-corrected chi connectivity index (χ1v) is 10.4. The Labute approximate surface area is 173 Å². The number of carboxylic acid groups (broad SMARTS) is 1. The molecule has 1 amide bonds. The molecular weight excluding hydrogens is 409 g/mol. The van der Waals surface area contributed by atoms with Crippen LogP contribution in [-0.2, 0) is 23.8 Å². The highest BCUT2D eigenvalue weighted by Gasteiger charge is 2.44. The van der Waals surface area contributed by atoms with Crippen LogP contribution < -0.4 is 0 Å². The first-order valence-electron chi connectivity index (χ1n) is 10.4. The van der Waals surface area contributed by atoms with Crippen molar-refractivity contribution < 1.29 is 42.1 Å². The fraction of sp³-hybridized carbons (Fsp3) is 0.895. The van der Waals surface area contributed by atoms with Gasteiger partial charge in [0.05, 0.1) is 19.3 Å². The van der Waals surface area contributed by atoms with Crippen LogP contribution in [0, 0.1) is 5.92 Å². The predicted molar refractivity (Wildman–Crippen MR) is 97.9 cm³/mol. The predicted octanol–water partition coefficient (Wildman–Crippen LogP) is 1.14. The molecule has 0 spiro atoms. The number of aliphatic carboxylic acids is 1. The normalized spacial score (nSPS) is 30.9. The number of likely N-dealkylation sites (tertiary alicyclic amines) is 1. The molecule has 4 rings (SSSR count). The number of ether oxygens (including phenoxy) is 3. The van der Waals surface area contributed by atoms with Crippen LogP contribution in [0.2, 0.25) is 0 Å². The number of carboxylic acids is 1. The van der Waals surface area contributed by atoms with E-state index in [-0.39, 0.29) is 18.1 Å². The van der Waals surface area contributed by atoms with Crippen LogP contribution in [0.4, 0.5) is 13.2 Å². The second-order valence-corrected chi connectivity index (χ2v) is 8.03. The summed E-state index contributed by atoms with van der Waals surface area (Å²) < 4.78 is 48.7. The largest absolute Gasteiger partial charge is 0.490 e. The highest BCUT2D eigenvalue weighted by molar-refractivity contribution is 5.81. The van der Waals surface area contributed by atoms with Gasteiger partial charge in [0.2, 0.25) is 0 Å². The number of hydrogen-bond acceptors (Lipinski definition) is 6. The zero-order valence-corrected chi connectivity index (χ0v) is 16.8. The number of fused-ring (bicyclic) bond motifs is 1. The van der Waals surface area contributed by atoms with Gasteiger partial charge in [0, 0.05) is 38.9 Å². The Morgan fingerprint density at radius 1 is 0.933 bits per heavy atom. The lowest BCUT2D eigenvalue weighted by Gasteiger charge is -2.40. The minimum atomic E-state index is -5.08. The monoisotopic (exact) mass is 438 g/mol. The fourth-order valence-corrected chi connectivity index (χ4v) is 4.48. The molecule has 11 heteroatoms. The third-order valence-corrected chi connectivity index (χ3v) is 6.13. The Morgan fingerprint density at radius 2 is 1.53 bits per heavy atom. The van der Waals surface area contributed by atoms with Gasteiger partial charge in [0.1, 0.15) is 6.10 Å². The van der Waals surface area contributed by atoms with Crippen molar-refractivity contribution in [3.63, 3.8) is 0 Å². The van der Waals surface area contributed by atoms with Gasteiger partial charge >= 0.3 is 12.1 Å². The van der Waals surface area contributed by atoms with E-state index in [0.29, 0.717) is 38.3 Å². The number of amides is 1. The minimum absolute atomic E-state index is 0.181. The molecule has 4 aliphatic heterocycles. The summed E-state index contributed by atoms with van der Waals surface area (Å²) in [5.74, 6) is -2.02. The molecule has 0 radical (unpaired) electrons. The Hall–Kier alpha value is -1.43. The van der Waals surface area contributed by atoms with Crippen LogP contribution in [0.15, 0.2) is 0 Å². The van der Waals surface area contributed by atoms with E-state index in [1.807, 2.05) is 4.90 Å². The van der Waals surface area contributed by atoms with E-state index in [1.54, 1.807) is 0 Å². The quantitative estimate of drug-likeness (QED) is 0.692. The van der Waals surface area contributed by atoms with Crippen molar-refractivity contribution in [3.05, 3.63) is 0 Å². The molecule has 0 aromatic carbocycles. The average Bonchev–Trinajstić information content (AvgIpc) is 3.17. The van der Waals surface area contributed by atoms with E-state index in [9.17, 15) is 18.0 Å². The number of carbonyl (C=O) groups is 2. The zero-order chi connectivity index (χ0) is 21.7. The molecule has 8 nitrogen and oxygen atoms in total. The second-order valence-electron chi connectivity index (χ2n) is 8.03. The molecule has 3 atom stereocenters. The van der Waals surface area contributed by atoms with Crippen molar-refractivity contribution in [1.82, 2.24) is 9.80 Å². The maximum Gasteiger partial charge on any atom is 0.490 e. The van der Waals surface area contributed by atoms with Gasteiger partial charge in [0.25, 0.3) is 5.91 Å². The molecule has 0 aliphatic carbocycles. The van der Waals surface area contributed by atoms with Crippen LogP contribution >= 0.6 is 0 Å². The third kappa shape index (κ3) is 6.05. The fourth-order valence-electron chi connectivity index (χ4n) is 4.48. The first-order chi connectivity index (χ1) is 14.3. The lowest BCUT2D eigenvalue weighted by atomic mass is 9.90. The van der Waals surface area contributed by atoms with Gasteiger partial charge in [-0.25, -0.2) is 4.79 Å². The summed E-state index contributed by atoms with van der Waals surface area (Å²) in [4.78, 5) is 26.0. The van der Waals surface area contributed by atoms with Gasteiger partial charge in [-0.05, 0) is 38.1 Å². The highest BCUT2D eigenvalue weighted by Crippen LogP contribution is 2.35. The summed E-state index contributed by atoms with van der Waals surface area (Å²) in [6, 6.07) is 0.641. The molecule has 0 unspecified atom stereocenters. The van der Waals surface area contributed by atoms with Crippen molar-refractivity contribution in [2.75, 3.05) is 52.6 Å². The Balaban J connectivity index is 0.000000318. The molecule has 30 heavy (non-hydrogen) atoms. The molecule has 0 saturated carbocycles. The molecule has 4 aliphatic rings. The summed E-state index contributed by atoms with van der Waals surface area (Å²) in [5.41, 5.74) is 0. The standard InChI is InChI=1S/C17H28N2O4.C2HF3O2/c20-17(18-5-9-22-10-6-18)15-11-13-1-4-19(12-16(13)23-15)14-2-7-21-8-3-14;3-2(4,5)1(6)7/h13-16H,1-12H2;(H,6,7)/t13-,15-,16+;/m0./s1. The Kier molecular flexibility index (Phi) is 7.94. The average molecular weight is 438 g/mol. The molecule has 0 aromatic rings. The number of morpholine rings is 1. The molecule has 0 aromatic heterocycles. The Morgan fingerprint density at radius 3 is 2.13 bits per heavy atom. The lowest BCUT2D eigenvalue weighted by molar-refractivity contribution is -0.192. The van der Waals surface area contributed by atoms with Crippen molar-refractivity contribution >= 4 is 11.9 Å². The molecule has 0 bridgehead atoms. The summed E-state index contributed by atoms with van der Waals surface area (Å²) in [5, 5.41) is 7.12. The van der Waals surface area contributed by atoms with E-state index in [0.717, 1.165) is 52.0 Å². The van der Waals surface area contributed by atoms with Crippen molar-refractivity contribution in [2.45, 2.75) is 50.1 Å². The number of alkyl halides is 3. The molecule has 172 valence electrons. The molecule has 4 fully saturated rings. The van der Waals surface area contributed by atoms with Crippen molar-refractivity contribution in [3.8, 4) is 0 Å². The van der Waals surface area contributed by atoms with Gasteiger partial charge in [0.15, 0.2) is 0 Å². The number of halogens is 3. The molecular formula is C19H29F3N2O6. The molecule has 4 heterocycles. The summed E-state index contributed by atoms with van der Waals surface area (Å²) in [7, 11) is 0. The van der Waals surface area contributed by atoms with E-state index >= 15 is 0 Å². The van der Waals surface area contributed by atoms with Gasteiger partial charge in [-0.1, -0.05) is 0 Å². The van der Waals surface area contributed by atoms with Crippen LogP contribution in [-0.4, -0.2) is 104 Å². The smallest absolute Gasteiger partial charge is 0.475 e. The minimum Gasteiger partial charge on any atom is -0.475 e. The molecule has 1 N–H and O–H groups in total. The van der Waals surface area contributed by atoms with Gasteiger partial charge in [-0.3, -0.25) is 9.69 Å². The van der Waals surface area contributed by atoms with E-state index in [2.05, 4.69) is 4.90 Å². The van der Waals surface area contributed by atoms with Gasteiger partial charge < -0.3 is 24.2 Å². The van der Waals surface area contributed by atoms with Gasteiger partial charge in [-0.2, -0.15) is 13.2 Å². The van der Waals surface area contributed by atoms with E-state index < -0.39 is 12.1 Å². The van der Waals surface area contributed by atoms with Crippen molar-refractivity contribution in [2.24, 2.45) is 5.92 Å². The topological polar surface area (TPSA) is 88.5 Å². The number of rotatable bonds is 2. The maximum absolute atomic E-state index is 12.6. The lowest BCUT2D eigenvalue weighted by Crippen LogP contribution is -2.49. The zero-order valence-electron chi connectivity index (χ0n) is 16.8. The maximum atomic E-state index is 12.6. The van der Waals surface area contributed by atoms with Crippen LogP contribution in [0.3, 0.4) is 0 Å². The van der Waals surface area contributed by atoms with Crippen LogP contribution in [0.5, 0.6) is 0 Å².